The number of ether oxygens (including phenoxy) is 4. The van der Waals surface area contributed by atoms with Crippen LogP contribution >= 0.6 is 0 Å². The van der Waals surface area contributed by atoms with Gasteiger partial charge in [0.25, 0.3) is 23.6 Å². The first-order valence-electron chi connectivity index (χ1n) is 31.6. The van der Waals surface area contributed by atoms with E-state index in [-0.39, 0.29) is 33.5 Å². The third-order valence-electron chi connectivity index (χ3n) is 17.5. The highest BCUT2D eigenvalue weighted by molar-refractivity contribution is 6.11. The summed E-state index contributed by atoms with van der Waals surface area (Å²) in [7, 11) is 5.94. The van der Waals surface area contributed by atoms with Crippen molar-refractivity contribution in [2.45, 2.75) is 170 Å². The number of nitrogens with one attached hydrogen (secondary N) is 6. The first-order valence-corrected chi connectivity index (χ1v) is 31.6. The largest absolute Gasteiger partial charge is 0.372 e. The molecule has 0 spiro atoms. The SMILES string of the molecule is CO[C@H](C)C(=O)Nc1cccc(NC(=O)[C@@H](C)OC)c1-c1c2nc(c(-c3cc(C(C)(C)C)cc(C(C)(C)C)c3)c3ccc([nH]3)c(-c3c(NC(=O)[C@@H](C)OC)cccc3NC(=O)[C@@H](C)OC)c3nc(c(-c4cc(C(C)(C)C)cc(C(C)(C)C)c4)c4ccc1[nH]4)CC3)C=C2. The maximum atomic E-state index is 14.2. The fourth-order valence-corrected chi connectivity index (χ4v) is 11.3. The molecular weight excluding hydrogens is 1150 g/mol. The van der Waals surface area contributed by atoms with Crippen LogP contribution in [0.5, 0.6) is 0 Å². The van der Waals surface area contributed by atoms with E-state index >= 15 is 0 Å². The summed E-state index contributed by atoms with van der Waals surface area (Å²) < 4.78 is 22.3. The van der Waals surface area contributed by atoms with Gasteiger partial charge >= 0.3 is 0 Å². The lowest BCUT2D eigenvalue weighted by Gasteiger charge is -2.26. The van der Waals surface area contributed by atoms with Crippen LogP contribution in [0.3, 0.4) is 0 Å². The van der Waals surface area contributed by atoms with E-state index in [0.717, 1.165) is 55.7 Å². The predicted octanol–water partition coefficient (Wildman–Crippen LogP) is 16.0. The van der Waals surface area contributed by atoms with Crippen molar-refractivity contribution in [3.05, 3.63) is 142 Å². The van der Waals surface area contributed by atoms with E-state index in [0.29, 0.717) is 91.5 Å². The molecule has 0 fully saturated rings. The Kier molecular flexibility index (Phi) is 19.6. The number of fused-ring (bicyclic) bond motifs is 8. The number of amides is 4. The maximum Gasteiger partial charge on any atom is 0.253 e. The van der Waals surface area contributed by atoms with Crippen molar-refractivity contribution < 1.29 is 38.1 Å². The quantitative estimate of drug-likeness (QED) is 0.0539. The number of hydrogen-bond donors (Lipinski definition) is 6. The molecule has 16 nitrogen and oxygen atoms in total. The van der Waals surface area contributed by atoms with E-state index in [2.05, 4.69) is 163 Å². The average molecular weight is 1250 g/mol. The summed E-state index contributed by atoms with van der Waals surface area (Å²) in [6.45, 7) is 33.3. The van der Waals surface area contributed by atoms with Crippen molar-refractivity contribution >= 4 is 80.6 Å². The minimum absolute atomic E-state index is 0.262. The van der Waals surface area contributed by atoms with Crippen molar-refractivity contribution in [1.29, 1.82) is 0 Å². The molecule has 0 radical (unpaired) electrons. The lowest BCUT2D eigenvalue weighted by molar-refractivity contribution is -0.125. The zero-order valence-corrected chi connectivity index (χ0v) is 57.3. The molecule has 6 N–H and O–H groups in total. The fourth-order valence-electron chi connectivity index (χ4n) is 11.3. The van der Waals surface area contributed by atoms with Crippen LogP contribution in [-0.4, -0.2) is 96.4 Å². The molecule has 4 atom stereocenters. The van der Waals surface area contributed by atoms with Gasteiger partial charge in [0, 0.05) is 83.9 Å². The second kappa shape index (κ2) is 26.6. The number of rotatable bonds is 16. The molecule has 2 aliphatic heterocycles. The van der Waals surface area contributed by atoms with E-state index < -0.39 is 36.2 Å². The van der Waals surface area contributed by atoms with E-state index in [1.807, 2.05) is 48.6 Å². The van der Waals surface area contributed by atoms with Crippen LogP contribution in [0.4, 0.5) is 22.7 Å². The standard InChI is InChI=1S/C76H92N8O8/c1-41(89-17)69(85)81-51-23-21-24-52(82-70(86)42(2)90-18)65(51)67-59-31-27-55(77-59)63(45-35-47(73(5,6)7)39-48(36-45)74(8,9)10)57-29-33-61(79-57)68(66-53(83-71(87)43(3)91-19)25-22-26-54(66)84-72(88)44(4)92-20)62-34-30-58(80-62)64(56-28-32-60(67)78-56)46-37-49(75(11,12)13)40-50(38-46)76(14,15)16/h21-29,31-33,35-44,78-79H,30,34H2,1-20H3,(H,81,85)(H,82,86)(H,83,87)(H,84,88)/t41-,42-,43-,44-/m1/s1. The highest BCUT2D eigenvalue weighted by atomic mass is 16.5. The number of H-pyrrole nitrogens is 2. The molecule has 16 heteroatoms. The summed E-state index contributed by atoms with van der Waals surface area (Å²) >= 11 is 0. The second-order valence-electron chi connectivity index (χ2n) is 28.3. The first-order chi connectivity index (χ1) is 43.2. The minimum atomic E-state index is -0.830. The number of hydrogen-bond acceptors (Lipinski definition) is 10. The summed E-state index contributed by atoms with van der Waals surface area (Å²) in [5.41, 5.74) is 16.1. The van der Waals surface area contributed by atoms with Crippen molar-refractivity contribution in [1.82, 2.24) is 19.9 Å². The molecule has 0 saturated carbocycles. The number of aromatic nitrogens is 4. The minimum Gasteiger partial charge on any atom is -0.372 e. The Hall–Kier alpha value is -8.54. The Morgan fingerprint density at radius 2 is 0.663 bits per heavy atom. The summed E-state index contributed by atoms with van der Waals surface area (Å²) in [5, 5.41) is 12.7. The van der Waals surface area contributed by atoms with Gasteiger partial charge in [-0.05, 0) is 156 Å². The number of methoxy groups -OCH3 is 4. The second-order valence-corrected chi connectivity index (χ2v) is 28.3. The number of benzene rings is 4. The van der Waals surface area contributed by atoms with Gasteiger partial charge in [0.15, 0.2) is 0 Å². The summed E-state index contributed by atoms with van der Waals surface area (Å²) in [4.78, 5) is 76.0. The van der Waals surface area contributed by atoms with E-state index in [4.69, 9.17) is 28.9 Å². The van der Waals surface area contributed by atoms with Crippen molar-refractivity contribution in [3.63, 3.8) is 0 Å². The molecule has 4 aromatic carbocycles. The lowest BCUT2D eigenvalue weighted by Crippen LogP contribution is -2.28. The van der Waals surface area contributed by atoms with Gasteiger partial charge in [0.1, 0.15) is 24.4 Å². The Morgan fingerprint density at radius 1 is 0.380 bits per heavy atom. The normalized spacial score (nSPS) is 14.1. The highest BCUT2D eigenvalue weighted by Gasteiger charge is 2.31. The highest BCUT2D eigenvalue weighted by Crippen LogP contribution is 2.47. The smallest absolute Gasteiger partial charge is 0.253 e. The number of anilines is 4. The summed E-state index contributed by atoms with van der Waals surface area (Å²) in [6, 6.07) is 32.6. The average Bonchev–Trinajstić information content (AvgIpc) is 1.55. The number of aromatic amines is 2. The number of carbonyl (C=O) groups is 4. The Labute approximate surface area is 542 Å². The van der Waals surface area contributed by atoms with Crippen LogP contribution < -0.4 is 21.3 Å². The van der Waals surface area contributed by atoms with Crippen LogP contribution in [0.25, 0.3) is 78.7 Å². The van der Waals surface area contributed by atoms with E-state index in [1.54, 1.807) is 39.8 Å². The molecule has 7 aromatic rings. The van der Waals surface area contributed by atoms with Gasteiger partial charge in [-0.1, -0.05) is 132 Å². The zero-order chi connectivity index (χ0) is 67.1. The molecule has 2 aliphatic rings. The molecule has 0 aliphatic carbocycles. The topological polar surface area (TPSA) is 211 Å². The summed E-state index contributed by atoms with van der Waals surface area (Å²) in [5.74, 6) is -1.57. The van der Waals surface area contributed by atoms with Crippen LogP contribution in [0.15, 0.2) is 97.1 Å². The number of nitrogens with zero attached hydrogens (tertiary/aromatic N) is 2. The Balaban J connectivity index is 1.57. The Bertz CT molecular complexity index is 4070. The molecule has 9 rings (SSSR count). The first kappa shape index (κ1) is 67.8. The van der Waals surface area contributed by atoms with Gasteiger partial charge < -0.3 is 50.2 Å². The van der Waals surface area contributed by atoms with Crippen LogP contribution in [-0.2, 0) is 72.6 Å². The molecule has 8 bridgehead atoms. The van der Waals surface area contributed by atoms with E-state index in [9.17, 15) is 19.2 Å². The monoisotopic (exact) mass is 1240 g/mol. The van der Waals surface area contributed by atoms with Gasteiger partial charge in [0.05, 0.1) is 45.5 Å². The fraction of sp³-hybridized carbons (Fsp3) is 0.395. The van der Waals surface area contributed by atoms with Gasteiger partial charge in [0.2, 0.25) is 0 Å². The molecule has 5 heterocycles. The van der Waals surface area contributed by atoms with Crippen molar-refractivity contribution in [2.24, 2.45) is 0 Å². The van der Waals surface area contributed by atoms with Gasteiger partial charge in [-0.25, -0.2) is 4.98 Å². The van der Waals surface area contributed by atoms with E-state index in [1.165, 1.54) is 28.4 Å². The number of carbonyl (C=O) groups excluding carboxylic acids is 4. The Morgan fingerprint density at radius 3 is 1.00 bits per heavy atom. The lowest BCUT2D eigenvalue weighted by atomic mass is 9.78. The van der Waals surface area contributed by atoms with Gasteiger partial charge in [-0.2, -0.15) is 0 Å². The molecule has 3 aromatic heterocycles. The van der Waals surface area contributed by atoms with Crippen LogP contribution in [0, 0.1) is 0 Å². The van der Waals surface area contributed by atoms with Crippen molar-refractivity contribution in [2.75, 3.05) is 49.7 Å². The number of aryl methyl sites for hydroxylation is 2. The predicted molar refractivity (Wildman–Crippen MR) is 374 cm³/mol. The molecule has 4 amide bonds. The molecule has 484 valence electrons. The third-order valence-corrected chi connectivity index (χ3v) is 17.5. The maximum absolute atomic E-state index is 14.2. The molecule has 0 saturated heterocycles. The van der Waals surface area contributed by atoms with Crippen molar-refractivity contribution in [3.8, 4) is 44.5 Å². The van der Waals surface area contributed by atoms with Gasteiger partial charge in [-0.3, -0.25) is 24.2 Å². The van der Waals surface area contributed by atoms with Crippen LogP contribution in [0.1, 0.15) is 156 Å². The van der Waals surface area contributed by atoms with Crippen LogP contribution in [0.2, 0.25) is 0 Å². The summed E-state index contributed by atoms with van der Waals surface area (Å²) in [6.07, 6.45) is 1.61. The third kappa shape index (κ3) is 14.4. The molecule has 92 heavy (non-hydrogen) atoms. The van der Waals surface area contributed by atoms with Gasteiger partial charge in [-0.15, -0.1) is 0 Å². The molecular formula is C76H92N8O8. The zero-order valence-electron chi connectivity index (χ0n) is 57.3. The molecule has 0 unspecified atom stereocenters.